The molecule has 20 heavy (non-hydrogen) atoms. The highest BCUT2D eigenvalue weighted by atomic mass is 35.5. The number of amides is 3. The van der Waals surface area contributed by atoms with E-state index in [-0.39, 0.29) is 43.5 Å². The molecule has 6 heteroatoms. The van der Waals surface area contributed by atoms with Crippen LogP contribution in [0.25, 0.3) is 0 Å². The number of nitrogens with zero attached hydrogens (tertiary/aromatic N) is 1. The second-order valence-electron chi connectivity index (χ2n) is 4.70. The fourth-order valence-electron chi connectivity index (χ4n) is 2.07. The molecule has 0 bridgehead atoms. The Hall–Kier alpha value is -1.88. The predicted molar refractivity (Wildman–Crippen MR) is 75.4 cm³/mol. The van der Waals surface area contributed by atoms with Crippen LogP contribution in [0.3, 0.4) is 0 Å². The van der Waals surface area contributed by atoms with Crippen molar-refractivity contribution >= 4 is 35.0 Å². The Kier molecular flexibility index (Phi) is 4.39. The molecule has 0 spiro atoms. The minimum atomic E-state index is -0.233. The number of carbonyl (C=O) groups is 3. The molecule has 0 saturated carbocycles. The number of halogens is 1. The molecule has 0 unspecified atom stereocenters. The van der Waals surface area contributed by atoms with Crippen molar-refractivity contribution in [2.45, 2.75) is 26.2 Å². The van der Waals surface area contributed by atoms with Crippen LogP contribution < -0.4 is 5.32 Å². The summed E-state index contributed by atoms with van der Waals surface area (Å²) in [4.78, 5) is 35.8. The highest BCUT2D eigenvalue weighted by Crippen LogP contribution is 2.20. The van der Waals surface area contributed by atoms with E-state index in [9.17, 15) is 14.4 Å². The summed E-state index contributed by atoms with van der Waals surface area (Å²) < 4.78 is 0. The average molecular weight is 295 g/mol. The fourth-order valence-corrected chi connectivity index (χ4v) is 2.29. The molecule has 106 valence electrons. The van der Waals surface area contributed by atoms with Gasteiger partial charge in [-0.2, -0.15) is 0 Å². The van der Waals surface area contributed by atoms with Crippen molar-refractivity contribution in [3.8, 4) is 0 Å². The Labute approximate surface area is 121 Å². The summed E-state index contributed by atoms with van der Waals surface area (Å²) in [7, 11) is 0. The van der Waals surface area contributed by atoms with E-state index in [4.69, 9.17) is 11.6 Å². The van der Waals surface area contributed by atoms with Crippen molar-refractivity contribution in [2.24, 2.45) is 0 Å². The number of aryl methyl sites for hydroxylation is 1. The number of imide groups is 1. The monoisotopic (exact) mass is 294 g/mol. The molecule has 1 heterocycles. The quantitative estimate of drug-likeness (QED) is 0.865. The van der Waals surface area contributed by atoms with Gasteiger partial charge in [-0.15, -0.1) is 0 Å². The molecule has 1 N–H and O–H groups in total. The summed E-state index contributed by atoms with van der Waals surface area (Å²) >= 11 is 5.84. The van der Waals surface area contributed by atoms with E-state index >= 15 is 0 Å². The zero-order valence-electron chi connectivity index (χ0n) is 11.1. The molecular weight excluding hydrogens is 280 g/mol. The average Bonchev–Trinajstić information content (AvgIpc) is 2.70. The first-order valence-electron chi connectivity index (χ1n) is 6.36. The number of hydrogen-bond donors (Lipinski definition) is 1. The van der Waals surface area contributed by atoms with Gasteiger partial charge in [0.05, 0.1) is 0 Å². The Morgan fingerprint density at radius 3 is 2.55 bits per heavy atom. The van der Waals surface area contributed by atoms with Gasteiger partial charge in [-0.3, -0.25) is 19.3 Å². The lowest BCUT2D eigenvalue weighted by Gasteiger charge is -2.14. The minimum Gasteiger partial charge on any atom is -0.326 e. The largest absolute Gasteiger partial charge is 0.326 e. The number of anilines is 1. The van der Waals surface area contributed by atoms with Gasteiger partial charge >= 0.3 is 0 Å². The SMILES string of the molecule is Cc1cc(Cl)ccc1NC(=O)CCN1C(=O)CCC1=O. The van der Waals surface area contributed by atoms with E-state index in [1.165, 1.54) is 0 Å². The number of rotatable bonds is 4. The molecule has 1 aliphatic rings. The van der Waals surface area contributed by atoms with Gasteiger partial charge in [-0.05, 0) is 30.7 Å². The lowest BCUT2D eigenvalue weighted by molar-refractivity contribution is -0.138. The van der Waals surface area contributed by atoms with Crippen molar-refractivity contribution in [1.82, 2.24) is 4.90 Å². The van der Waals surface area contributed by atoms with Crippen LogP contribution >= 0.6 is 11.6 Å². The van der Waals surface area contributed by atoms with Crippen LogP contribution in [-0.4, -0.2) is 29.2 Å². The normalized spacial score (nSPS) is 14.8. The molecular formula is C14H15ClN2O3. The van der Waals surface area contributed by atoms with Crippen LogP contribution in [0.5, 0.6) is 0 Å². The smallest absolute Gasteiger partial charge is 0.229 e. The summed E-state index contributed by atoms with van der Waals surface area (Å²) in [6.45, 7) is 1.98. The maximum absolute atomic E-state index is 11.8. The standard InChI is InChI=1S/C14H15ClN2O3/c1-9-8-10(15)2-3-11(9)16-12(18)6-7-17-13(19)4-5-14(17)20/h2-3,8H,4-7H2,1H3,(H,16,18). The topological polar surface area (TPSA) is 66.5 Å². The molecule has 0 radical (unpaired) electrons. The first-order chi connectivity index (χ1) is 9.47. The molecule has 0 atom stereocenters. The molecule has 1 aliphatic heterocycles. The van der Waals surface area contributed by atoms with Gasteiger partial charge in [0.15, 0.2) is 0 Å². The number of likely N-dealkylation sites (tertiary alicyclic amines) is 1. The van der Waals surface area contributed by atoms with Crippen molar-refractivity contribution in [2.75, 3.05) is 11.9 Å². The van der Waals surface area contributed by atoms with Crippen LogP contribution in [0.1, 0.15) is 24.8 Å². The molecule has 2 rings (SSSR count). The van der Waals surface area contributed by atoms with Gasteiger partial charge in [0, 0.05) is 36.5 Å². The summed E-state index contributed by atoms with van der Waals surface area (Å²) in [6, 6.07) is 5.17. The Bertz CT molecular complexity index is 556. The summed E-state index contributed by atoms with van der Waals surface area (Å²) in [6.07, 6.45) is 0.590. The zero-order chi connectivity index (χ0) is 14.7. The third-order valence-electron chi connectivity index (χ3n) is 3.18. The maximum Gasteiger partial charge on any atom is 0.229 e. The van der Waals surface area contributed by atoms with Crippen molar-refractivity contribution < 1.29 is 14.4 Å². The fraction of sp³-hybridized carbons (Fsp3) is 0.357. The first kappa shape index (κ1) is 14.5. The van der Waals surface area contributed by atoms with E-state index in [1.807, 2.05) is 6.92 Å². The van der Waals surface area contributed by atoms with Crippen LogP contribution in [-0.2, 0) is 14.4 Å². The molecule has 1 fully saturated rings. The number of carbonyl (C=O) groups excluding carboxylic acids is 3. The zero-order valence-corrected chi connectivity index (χ0v) is 11.9. The van der Waals surface area contributed by atoms with Crippen LogP contribution in [0.15, 0.2) is 18.2 Å². The van der Waals surface area contributed by atoms with Gasteiger partial charge in [-0.25, -0.2) is 0 Å². The van der Waals surface area contributed by atoms with E-state index in [2.05, 4.69) is 5.32 Å². The summed E-state index contributed by atoms with van der Waals surface area (Å²) in [5.74, 6) is -0.640. The highest BCUT2D eigenvalue weighted by molar-refractivity contribution is 6.30. The molecule has 0 aromatic heterocycles. The van der Waals surface area contributed by atoms with Crippen LogP contribution in [0.4, 0.5) is 5.69 Å². The number of benzene rings is 1. The molecule has 1 saturated heterocycles. The predicted octanol–water partition coefficient (Wildman–Crippen LogP) is 2.13. The first-order valence-corrected chi connectivity index (χ1v) is 6.74. The minimum absolute atomic E-state index is 0.0968. The van der Waals surface area contributed by atoms with Gasteiger partial charge < -0.3 is 5.32 Å². The van der Waals surface area contributed by atoms with Gasteiger partial charge in [0.25, 0.3) is 0 Å². The summed E-state index contributed by atoms with van der Waals surface area (Å²) in [5.41, 5.74) is 1.54. The van der Waals surface area contributed by atoms with Gasteiger partial charge in [0.2, 0.25) is 17.7 Å². The third-order valence-corrected chi connectivity index (χ3v) is 3.41. The third kappa shape index (κ3) is 3.36. The molecule has 0 aliphatic carbocycles. The van der Waals surface area contributed by atoms with Crippen LogP contribution in [0.2, 0.25) is 5.02 Å². The van der Waals surface area contributed by atoms with Crippen molar-refractivity contribution in [3.05, 3.63) is 28.8 Å². The number of hydrogen-bond acceptors (Lipinski definition) is 3. The second kappa shape index (κ2) is 6.05. The molecule has 1 aromatic carbocycles. The Morgan fingerprint density at radius 1 is 1.30 bits per heavy atom. The number of nitrogens with one attached hydrogen (secondary N) is 1. The molecule has 1 aromatic rings. The van der Waals surface area contributed by atoms with Crippen LogP contribution in [0, 0.1) is 6.92 Å². The van der Waals surface area contributed by atoms with E-state index in [0.717, 1.165) is 10.5 Å². The Balaban J connectivity index is 1.89. The summed E-state index contributed by atoms with van der Waals surface area (Å²) in [5, 5.41) is 3.35. The highest BCUT2D eigenvalue weighted by Gasteiger charge is 2.28. The van der Waals surface area contributed by atoms with Gasteiger partial charge in [-0.1, -0.05) is 11.6 Å². The lowest BCUT2D eigenvalue weighted by atomic mass is 10.2. The van der Waals surface area contributed by atoms with E-state index in [1.54, 1.807) is 18.2 Å². The van der Waals surface area contributed by atoms with Gasteiger partial charge in [0.1, 0.15) is 0 Å². The lowest BCUT2D eigenvalue weighted by Crippen LogP contribution is -2.32. The van der Waals surface area contributed by atoms with Crippen molar-refractivity contribution in [3.63, 3.8) is 0 Å². The molecule has 5 nitrogen and oxygen atoms in total. The molecule has 3 amide bonds. The maximum atomic E-state index is 11.8. The van der Waals surface area contributed by atoms with E-state index < -0.39 is 0 Å². The Morgan fingerprint density at radius 2 is 1.95 bits per heavy atom. The second-order valence-corrected chi connectivity index (χ2v) is 5.13. The van der Waals surface area contributed by atoms with Crippen molar-refractivity contribution in [1.29, 1.82) is 0 Å². The van der Waals surface area contributed by atoms with E-state index in [0.29, 0.717) is 10.7 Å².